The number of hydrogen-bond acceptors (Lipinski definition) is 4. The van der Waals surface area contributed by atoms with Gasteiger partial charge < -0.3 is 5.11 Å². The molecule has 0 bridgehead atoms. The van der Waals surface area contributed by atoms with Crippen LogP contribution in [0.15, 0.2) is 23.4 Å². The lowest BCUT2D eigenvalue weighted by molar-refractivity contribution is 0.470. The van der Waals surface area contributed by atoms with Crippen LogP contribution >= 0.6 is 0 Å². The monoisotopic (exact) mass is 214 g/mol. The molecule has 0 spiro atoms. The quantitative estimate of drug-likeness (QED) is 0.754. The Morgan fingerprint density at radius 3 is 2.71 bits per heavy atom. The molecule has 1 saturated carbocycles. The van der Waals surface area contributed by atoms with E-state index >= 15 is 0 Å². The van der Waals surface area contributed by atoms with Gasteiger partial charge in [0.2, 0.25) is 10.0 Å². The fourth-order valence-electron chi connectivity index (χ4n) is 1.04. The third-order valence-corrected chi connectivity index (χ3v) is 3.40. The van der Waals surface area contributed by atoms with Crippen molar-refractivity contribution < 1.29 is 13.5 Å². The Labute approximate surface area is 81.8 Å². The third-order valence-electron chi connectivity index (χ3n) is 1.91. The highest BCUT2D eigenvalue weighted by Crippen LogP contribution is 2.22. The predicted octanol–water partition coefficient (Wildman–Crippen LogP) is 0.228. The van der Waals surface area contributed by atoms with Gasteiger partial charge >= 0.3 is 0 Å². The molecule has 1 heterocycles. The molecule has 14 heavy (non-hydrogen) atoms. The molecule has 1 aliphatic carbocycles. The van der Waals surface area contributed by atoms with Gasteiger partial charge in [0.05, 0.1) is 6.20 Å². The minimum atomic E-state index is -3.49. The van der Waals surface area contributed by atoms with Crippen molar-refractivity contribution in [2.75, 3.05) is 0 Å². The molecule has 0 atom stereocenters. The van der Waals surface area contributed by atoms with Crippen molar-refractivity contribution >= 4 is 10.0 Å². The zero-order chi connectivity index (χ0) is 10.2. The van der Waals surface area contributed by atoms with Crippen molar-refractivity contribution in [3.63, 3.8) is 0 Å². The Hall–Kier alpha value is -1.14. The first-order chi connectivity index (χ1) is 6.58. The standard InChI is InChI=1S/C8H10N2O3S/c11-7-3-8(5-9-4-7)14(12,13)10-6-1-2-6/h3-6,10-11H,1-2H2. The van der Waals surface area contributed by atoms with Gasteiger partial charge in [-0.05, 0) is 12.8 Å². The number of rotatable bonds is 3. The Balaban J connectivity index is 2.28. The molecule has 1 aromatic heterocycles. The van der Waals surface area contributed by atoms with Crippen LogP contribution in [-0.4, -0.2) is 24.6 Å². The SMILES string of the molecule is O=S(=O)(NC1CC1)c1cncc(O)c1. The van der Waals surface area contributed by atoms with E-state index in [2.05, 4.69) is 9.71 Å². The maximum Gasteiger partial charge on any atom is 0.242 e. The lowest BCUT2D eigenvalue weighted by Gasteiger charge is -2.04. The highest BCUT2D eigenvalue weighted by Gasteiger charge is 2.28. The normalized spacial score (nSPS) is 16.9. The van der Waals surface area contributed by atoms with Gasteiger partial charge in [-0.2, -0.15) is 0 Å². The third kappa shape index (κ3) is 2.02. The van der Waals surface area contributed by atoms with Gasteiger partial charge in [-0.25, -0.2) is 13.1 Å². The Kier molecular flexibility index (Phi) is 2.16. The van der Waals surface area contributed by atoms with Crippen LogP contribution in [0.25, 0.3) is 0 Å². The Bertz CT molecular complexity index is 440. The summed E-state index contributed by atoms with van der Waals surface area (Å²) in [7, 11) is -3.49. The Morgan fingerprint density at radius 1 is 1.43 bits per heavy atom. The topological polar surface area (TPSA) is 79.3 Å². The molecule has 6 heteroatoms. The van der Waals surface area contributed by atoms with Crippen molar-refractivity contribution in [3.8, 4) is 5.75 Å². The van der Waals surface area contributed by atoms with E-state index in [0.717, 1.165) is 12.8 Å². The van der Waals surface area contributed by atoms with Gasteiger partial charge in [-0.15, -0.1) is 0 Å². The van der Waals surface area contributed by atoms with E-state index in [-0.39, 0.29) is 16.7 Å². The van der Waals surface area contributed by atoms with Crippen LogP contribution in [0.5, 0.6) is 5.75 Å². The summed E-state index contributed by atoms with van der Waals surface area (Å²) in [6.45, 7) is 0. The van der Waals surface area contributed by atoms with E-state index in [9.17, 15) is 8.42 Å². The average molecular weight is 214 g/mol. The second-order valence-electron chi connectivity index (χ2n) is 3.27. The molecular weight excluding hydrogens is 204 g/mol. The van der Waals surface area contributed by atoms with Gasteiger partial charge in [0, 0.05) is 18.3 Å². The molecule has 1 aromatic rings. The summed E-state index contributed by atoms with van der Waals surface area (Å²) in [6.07, 6.45) is 4.16. The van der Waals surface area contributed by atoms with Gasteiger partial charge in [0.15, 0.2) is 0 Å². The van der Waals surface area contributed by atoms with Crippen molar-refractivity contribution in [1.29, 1.82) is 0 Å². The van der Waals surface area contributed by atoms with Gasteiger partial charge in [0.25, 0.3) is 0 Å². The average Bonchev–Trinajstić information content (AvgIpc) is 2.87. The van der Waals surface area contributed by atoms with Crippen LogP contribution in [0.2, 0.25) is 0 Å². The fourth-order valence-corrected chi connectivity index (χ4v) is 2.33. The maximum atomic E-state index is 11.6. The molecule has 0 aliphatic heterocycles. The molecule has 5 nitrogen and oxygen atoms in total. The van der Waals surface area contributed by atoms with Gasteiger partial charge in [-0.1, -0.05) is 0 Å². The summed E-state index contributed by atoms with van der Waals surface area (Å²) < 4.78 is 25.6. The first kappa shape index (κ1) is 9.42. The maximum absolute atomic E-state index is 11.6. The van der Waals surface area contributed by atoms with Crippen molar-refractivity contribution in [1.82, 2.24) is 9.71 Å². The van der Waals surface area contributed by atoms with E-state index < -0.39 is 10.0 Å². The smallest absolute Gasteiger partial charge is 0.242 e. The summed E-state index contributed by atoms with van der Waals surface area (Å²) in [5.41, 5.74) is 0. The second kappa shape index (κ2) is 3.21. The highest BCUT2D eigenvalue weighted by molar-refractivity contribution is 7.89. The molecule has 0 unspecified atom stereocenters. The van der Waals surface area contributed by atoms with Crippen LogP contribution in [0.4, 0.5) is 0 Å². The molecule has 0 amide bonds. The second-order valence-corrected chi connectivity index (χ2v) is 4.99. The molecule has 0 radical (unpaired) electrons. The van der Waals surface area contributed by atoms with Crippen molar-refractivity contribution in [3.05, 3.63) is 18.5 Å². The van der Waals surface area contributed by atoms with E-state index in [1.807, 2.05) is 0 Å². The number of aromatic hydroxyl groups is 1. The van der Waals surface area contributed by atoms with Crippen LogP contribution in [0.3, 0.4) is 0 Å². The summed E-state index contributed by atoms with van der Waals surface area (Å²) in [5.74, 6) is -0.149. The largest absolute Gasteiger partial charge is 0.506 e. The summed E-state index contributed by atoms with van der Waals surface area (Å²) in [5, 5.41) is 9.07. The molecule has 0 aromatic carbocycles. The number of sulfonamides is 1. The lowest BCUT2D eigenvalue weighted by Crippen LogP contribution is -2.25. The van der Waals surface area contributed by atoms with Gasteiger partial charge in [-0.3, -0.25) is 4.98 Å². The van der Waals surface area contributed by atoms with Gasteiger partial charge in [0.1, 0.15) is 10.6 Å². The van der Waals surface area contributed by atoms with E-state index in [1.54, 1.807) is 0 Å². The van der Waals surface area contributed by atoms with Crippen LogP contribution < -0.4 is 4.72 Å². The minimum absolute atomic E-state index is 0.00407. The van der Waals surface area contributed by atoms with Crippen LogP contribution in [0, 0.1) is 0 Å². The number of hydrogen-bond donors (Lipinski definition) is 2. The first-order valence-electron chi connectivity index (χ1n) is 4.24. The zero-order valence-electron chi connectivity index (χ0n) is 7.34. The molecular formula is C8H10N2O3S. The van der Waals surface area contributed by atoms with Crippen molar-refractivity contribution in [2.45, 2.75) is 23.8 Å². The number of pyridine rings is 1. The minimum Gasteiger partial charge on any atom is -0.506 e. The highest BCUT2D eigenvalue weighted by atomic mass is 32.2. The molecule has 1 fully saturated rings. The summed E-state index contributed by atoms with van der Waals surface area (Å²) in [6, 6.07) is 1.24. The number of nitrogens with one attached hydrogen (secondary N) is 1. The fraction of sp³-hybridized carbons (Fsp3) is 0.375. The van der Waals surface area contributed by atoms with Crippen LogP contribution in [-0.2, 0) is 10.0 Å². The summed E-state index contributed by atoms with van der Waals surface area (Å²) in [4.78, 5) is 3.61. The molecule has 76 valence electrons. The predicted molar refractivity (Wildman–Crippen MR) is 49.2 cm³/mol. The molecule has 1 aliphatic rings. The molecule has 0 saturated heterocycles. The van der Waals surface area contributed by atoms with Crippen molar-refractivity contribution in [2.24, 2.45) is 0 Å². The number of nitrogens with zero attached hydrogens (tertiary/aromatic N) is 1. The van der Waals surface area contributed by atoms with E-state index in [4.69, 9.17) is 5.11 Å². The zero-order valence-corrected chi connectivity index (χ0v) is 8.16. The first-order valence-corrected chi connectivity index (χ1v) is 5.72. The van der Waals surface area contributed by atoms with E-state index in [0.29, 0.717) is 0 Å². The molecule has 2 N–H and O–H groups in total. The Morgan fingerprint density at radius 2 is 2.14 bits per heavy atom. The molecule has 2 rings (SSSR count). The lowest BCUT2D eigenvalue weighted by atomic mass is 10.5. The number of aromatic nitrogens is 1. The van der Waals surface area contributed by atoms with E-state index in [1.165, 1.54) is 18.5 Å². The van der Waals surface area contributed by atoms with Crippen LogP contribution in [0.1, 0.15) is 12.8 Å². The summed E-state index contributed by atoms with van der Waals surface area (Å²) >= 11 is 0.